The summed E-state index contributed by atoms with van der Waals surface area (Å²) in [6, 6.07) is 0. The minimum atomic E-state index is -1.04. The Labute approximate surface area is 175 Å². The predicted octanol–water partition coefficient (Wildman–Crippen LogP) is 4.25. The first-order chi connectivity index (χ1) is 11.7. The zero-order valence-electron chi connectivity index (χ0n) is 16.2. The fourth-order valence-corrected chi connectivity index (χ4v) is 22.1. The van der Waals surface area contributed by atoms with Gasteiger partial charge in [0.25, 0.3) is 0 Å². The van der Waals surface area contributed by atoms with Crippen molar-refractivity contribution in [2.45, 2.75) is 51.1 Å². The monoisotopic (exact) mass is 584 g/mol. The van der Waals surface area contributed by atoms with Crippen molar-refractivity contribution < 1.29 is 49.1 Å². The Balaban J connectivity index is -0.0000000786. The van der Waals surface area contributed by atoms with Crippen molar-refractivity contribution in [2.24, 2.45) is 0 Å². The Morgan fingerprint density at radius 1 is 0.808 bits per heavy atom. The van der Waals surface area contributed by atoms with Gasteiger partial charge in [-0.2, -0.15) is 0 Å². The summed E-state index contributed by atoms with van der Waals surface area (Å²) in [7, 11) is -2.04. The first-order valence-electron chi connectivity index (χ1n) is 6.83. The number of hydrogen-bond acceptors (Lipinski definition) is 1. The number of hydrogen-bond donors (Lipinski definition) is 0. The number of rotatable bonds is 5. The Bertz CT molecular complexity index is 410. The molecule has 0 aliphatic carbocycles. The molecule has 0 fully saturated rings. The molecule has 10 heteroatoms. The molecule has 0 unspecified atom stereocenters. The van der Waals surface area contributed by atoms with E-state index in [-0.39, 0.29) is 29.0 Å². The van der Waals surface area contributed by atoms with Crippen LogP contribution in [-0.4, -0.2) is 27.7 Å². The van der Waals surface area contributed by atoms with Crippen molar-refractivity contribution in [3.05, 3.63) is 44.6 Å². The van der Waals surface area contributed by atoms with Crippen LogP contribution in [0.3, 0.4) is 0 Å². The zero-order valence-corrected chi connectivity index (χ0v) is 22.0. The van der Waals surface area contributed by atoms with Gasteiger partial charge in [-0.05, 0) is 25.6 Å². The summed E-state index contributed by atoms with van der Waals surface area (Å²) in [5, 5.41) is 0. The molecule has 144 valence electrons. The second-order valence-corrected chi connectivity index (χ2v) is 20.6. The summed E-state index contributed by atoms with van der Waals surface area (Å²) in [6.45, 7) is 40.6. The van der Waals surface area contributed by atoms with E-state index in [0.29, 0.717) is 0 Å². The average molecular weight is 584 g/mol. The summed E-state index contributed by atoms with van der Waals surface area (Å²) >= 11 is 0. The van der Waals surface area contributed by atoms with Crippen LogP contribution in [0, 0.1) is 33.3 Å². The summed E-state index contributed by atoms with van der Waals surface area (Å²) in [4.78, 5) is 1.00. The van der Waals surface area contributed by atoms with Crippen LogP contribution in [0.4, 0.5) is 0 Å². The summed E-state index contributed by atoms with van der Waals surface area (Å²) in [5.41, 5.74) is 1.35. The van der Waals surface area contributed by atoms with E-state index in [1.807, 2.05) is 0 Å². The van der Waals surface area contributed by atoms with E-state index in [2.05, 4.69) is 85.3 Å². The zero-order chi connectivity index (χ0) is 21.9. The average Bonchev–Trinajstić information content (AvgIpc) is 3.32. The second-order valence-electron chi connectivity index (χ2n) is 6.44. The van der Waals surface area contributed by atoms with Gasteiger partial charge in [-0.15, -0.1) is 0 Å². The molecular weight excluding hydrogens is 559 g/mol. The molecule has 1 heterocycles. The summed E-state index contributed by atoms with van der Waals surface area (Å²) in [6.07, 6.45) is 0. The van der Waals surface area contributed by atoms with Gasteiger partial charge in [-0.25, -0.2) is 0 Å². The third-order valence-corrected chi connectivity index (χ3v) is 19.0. The van der Waals surface area contributed by atoms with E-state index in [1.54, 1.807) is 0 Å². The van der Waals surface area contributed by atoms with Gasteiger partial charge in [0.05, 0.1) is 22.8 Å². The Hall–Kier alpha value is -0.208. The molecule has 0 radical (unpaired) electrons. The van der Waals surface area contributed by atoms with E-state index >= 15 is 0 Å². The maximum absolute atomic E-state index is 7.50. The van der Waals surface area contributed by atoms with E-state index in [9.17, 15) is 0 Å². The number of ether oxygens (including phenoxy) is 1. The van der Waals surface area contributed by atoms with Gasteiger partial charge >= 0.3 is 56.5 Å². The van der Waals surface area contributed by atoms with Gasteiger partial charge in [0, 0.05) is 21.1 Å². The molecule has 0 N–H and O–H groups in total. The minimum absolute atomic E-state index is 0. The normalized spacial score (nSPS) is 12.8. The molecule has 0 aromatic heterocycles. The molecule has 0 spiro atoms. The molecule has 0 saturated heterocycles. The Morgan fingerprint density at radius 3 is 1.27 bits per heavy atom. The van der Waals surface area contributed by atoms with Crippen molar-refractivity contribution in [2.75, 3.05) is 6.61 Å². The Kier molecular flexibility index (Phi) is 38.6. The molecule has 0 bridgehead atoms. The van der Waals surface area contributed by atoms with Crippen LogP contribution in [0.15, 0.2) is 11.3 Å². The van der Waals surface area contributed by atoms with E-state index < -0.39 is 16.1 Å². The molecule has 1 rings (SSSR count). The standard InChI is InChI=1S/C11H25OPSi2.5CO.W/c1-8-12-10-9-13(10)11(14(2,3)4)15(5,6)7;5*1-2;/h9,11H,8H2,1-7H3;;;;;;/t13-;;;;;;/m0....../s1. The minimum Gasteiger partial charge on any atom is 0 e. The molecule has 0 saturated carbocycles. The maximum Gasteiger partial charge on any atom is 0 e. The van der Waals surface area contributed by atoms with Crippen LogP contribution in [0.25, 0.3) is 0 Å². The van der Waals surface area contributed by atoms with Crippen molar-refractivity contribution in [3.8, 4) is 0 Å². The van der Waals surface area contributed by atoms with E-state index in [0.717, 1.165) is 11.5 Å². The van der Waals surface area contributed by atoms with Crippen LogP contribution in [0.1, 0.15) is 6.92 Å². The first-order valence-corrected chi connectivity index (χ1v) is 15.5. The molecule has 0 aromatic carbocycles. The van der Waals surface area contributed by atoms with E-state index in [1.165, 1.54) is 5.50 Å². The van der Waals surface area contributed by atoms with Gasteiger partial charge < -0.3 is 4.74 Å². The van der Waals surface area contributed by atoms with Crippen molar-refractivity contribution in [1.29, 1.82) is 0 Å². The fraction of sp³-hybridized carbons (Fsp3) is 0.562. The van der Waals surface area contributed by atoms with Crippen molar-refractivity contribution in [1.82, 2.24) is 0 Å². The van der Waals surface area contributed by atoms with Crippen LogP contribution >= 0.6 is 7.92 Å². The second kappa shape index (κ2) is 24.8. The third kappa shape index (κ3) is 20.1. The van der Waals surface area contributed by atoms with E-state index in [4.69, 9.17) is 28.0 Å². The SMILES string of the molecule is CCOC1=C[P@]1C([Si](C)(C)C)[Si](C)(C)C.[C-]#[O+].[C-]#[O+].[C-]#[O+].[C-]#[O+].[C-]#[O+].[W]. The summed E-state index contributed by atoms with van der Waals surface area (Å²) in [5.74, 6) is 2.42. The quantitative estimate of drug-likeness (QED) is 0.205. The fourth-order valence-electron chi connectivity index (χ4n) is 2.69. The largest absolute Gasteiger partial charge is 0 e. The molecule has 0 amide bonds. The van der Waals surface area contributed by atoms with Gasteiger partial charge in [0.1, 0.15) is 5.50 Å². The van der Waals surface area contributed by atoms with Gasteiger partial charge in [0.15, 0.2) is 0 Å². The molecule has 0 aromatic rings. The molecule has 1 atom stereocenters. The van der Waals surface area contributed by atoms with Gasteiger partial charge in [0.2, 0.25) is 0 Å². The Morgan fingerprint density at radius 2 is 1.08 bits per heavy atom. The van der Waals surface area contributed by atoms with Gasteiger partial charge in [-0.1, -0.05) is 39.3 Å². The molecule has 1 aliphatic heterocycles. The van der Waals surface area contributed by atoms with Crippen LogP contribution in [0.5, 0.6) is 0 Å². The van der Waals surface area contributed by atoms with Crippen molar-refractivity contribution in [3.63, 3.8) is 0 Å². The van der Waals surface area contributed by atoms with Crippen LogP contribution < -0.4 is 0 Å². The third-order valence-electron chi connectivity index (χ3n) is 2.65. The van der Waals surface area contributed by atoms with Crippen LogP contribution in [-0.2, 0) is 49.1 Å². The molecule has 26 heavy (non-hydrogen) atoms. The van der Waals surface area contributed by atoms with Crippen LogP contribution in [0.2, 0.25) is 39.3 Å². The maximum atomic E-state index is 7.50. The smallest absolute Gasteiger partial charge is 0 e. The molecule has 1 aliphatic rings. The predicted molar refractivity (Wildman–Crippen MR) is 96.8 cm³/mol. The molecular formula is C16H25O6PSi2W. The topological polar surface area (TPSA) is 109 Å². The first kappa shape index (κ1) is 40.5. The van der Waals surface area contributed by atoms with Gasteiger partial charge in [-0.3, -0.25) is 0 Å². The summed E-state index contributed by atoms with van der Waals surface area (Å²) < 4.78 is 43.2. The molecule has 6 nitrogen and oxygen atoms in total. The van der Waals surface area contributed by atoms with Crippen molar-refractivity contribution >= 4 is 24.1 Å².